The Morgan fingerprint density at radius 3 is 2.35 bits per heavy atom. The lowest BCUT2D eigenvalue weighted by atomic mass is 9.93. The van der Waals surface area contributed by atoms with E-state index in [0.717, 1.165) is 44.5 Å². The smallest absolute Gasteiger partial charge is 0.230 e. The van der Waals surface area contributed by atoms with Gasteiger partial charge in [-0.3, -0.25) is 4.79 Å². The first-order valence-electron chi connectivity index (χ1n) is 9.80. The van der Waals surface area contributed by atoms with Crippen molar-refractivity contribution in [1.82, 2.24) is 10.2 Å². The van der Waals surface area contributed by atoms with Crippen molar-refractivity contribution < 1.29 is 4.79 Å². The van der Waals surface area contributed by atoms with E-state index in [2.05, 4.69) is 60.5 Å². The van der Waals surface area contributed by atoms with Gasteiger partial charge in [0.2, 0.25) is 5.91 Å². The summed E-state index contributed by atoms with van der Waals surface area (Å²) in [6.45, 7) is 6.83. The maximum Gasteiger partial charge on any atom is 0.230 e. The van der Waals surface area contributed by atoms with E-state index in [1.807, 2.05) is 18.2 Å². The Hall–Kier alpha value is -2.13. The van der Waals surface area contributed by atoms with E-state index in [0.29, 0.717) is 6.04 Å². The molecule has 1 unspecified atom stereocenters. The van der Waals surface area contributed by atoms with Gasteiger partial charge in [0.25, 0.3) is 0 Å². The molecule has 1 heterocycles. The van der Waals surface area contributed by atoms with E-state index in [4.69, 9.17) is 0 Å². The Bertz CT molecular complexity index is 688. The monoisotopic (exact) mass is 350 g/mol. The van der Waals surface area contributed by atoms with Crippen molar-refractivity contribution in [2.75, 3.05) is 13.1 Å². The van der Waals surface area contributed by atoms with E-state index in [9.17, 15) is 4.79 Å². The molecule has 138 valence electrons. The molecule has 3 rings (SSSR count). The number of hydrogen-bond acceptors (Lipinski definition) is 2. The lowest BCUT2D eigenvalue weighted by Gasteiger charge is -2.34. The fourth-order valence-electron chi connectivity index (χ4n) is 3.73. The largest absolute Gasteiger partial charge is 0.342 e. The molecule has 1 aliphatic rings. The molecule has 1 aliphatic heterocycles. The highest BCUT2D eigenvalue weighted by Crippen LogP contribution is 2.24. The summed E-state index contributed by atoms with van der Waals surface area (Å²) >= 11 is 0. The van der Waals surface area contributed by atoms with E-state index in [1.54, 1.807) is 0 Å². The van der Waals surface area contributed by atoms with Crippen molar-refractivity contribution in [2.45, 2.75) is 51.6 Å². The highest BCUT2D eigenvalue weighted by atomic mass is 16.2. The summed E-state index contributed by atoms with van der Waals surface area (Å²) < 4.78 is 0. The number of benzene rings is 2. The second-order valence-corrected chi connectivity index (χ2v) is 7.34. The van der Waals surface area contributed by atoms with Gasteiger partial charge >= 0.3 is 0 Å². The topological polar surface area (TPSA) is 32.3 Å². The molecule has 2 aromatic rings. The molecule has 26 heavy (non-hydrogen) atoms. The Labute approximate surface area is 157 Å². The summed E-state index contributed by atoms with van der Waals surface area (Å²) in [4.78, 5) is 15.0. The number of nitrogens with one attached hydrogen (secondary N) is 1. The third kappa shape index (κ3) is 4.73. The fraction of sp³-hybridized carbons (Fsp3) is 0.435. The molecule has 0 radical (unpaired) electrons. The number of rotatable bonds is 6. The molecule has 1 amide bonds. The Morgan fingerprint density at radius 2 is 1.73 bits per heavy atom. The van der Waals surface area contributed by atoms with Gasteiger partial charge in [-0.25, -0.2) is 0 Å². The van der Waals surface area contributed by atoms with E-state index in [-0.39, 0.29) is 11.8 Å². The summed E-state index contributed by atoms with van der Waals surface area (Å²) in [6, 6.07) is 19.4. The number of nitrogens with zero attached hydrogens (tertiary/aromatic N) is 1. The molecule has 1 fully saturated rings. The minimum atomic E-state index is -0.00623. The summed E-state index contributed by atoms with van der Waals surface area (Å²) in [5.74, 6) is 0.281. The number of carbonyl (C=O) groups excluding carboxylic acids is 1. The van der Waals surface area contributed by atoms with Crippen molar-refractivity contribution in [2.24, 2.45) is 0 Å². The van der Waals surface area contributed by atoms with Crippen LogP contribution in [0.15, 0.2) is 54.6 Å². The third-order valence-corrected chi connectivity index (χ3v) is 5.43. The van der Waals surface area contributed by atoms with Crippen LogP contribution in [0.3, 0.4) is 0 Å². The summed E-state index contributed by atoms with van der Waals surface area (Å²) in [5.41, 5.74) is 3.76. The van der Waals surface area contributed by atoms with Crippen LogP contribution in [0.4, 0.5) is 0 Å². The van der Waals surface area contributed by atoms with Crippen molar-refractivity contribution in [3.63, 3.8) is 0 Å². The van der Waals surface area contributed by atoms with Gasteiger partial charge in [-0.05, 0) is 37.3 Å². The molecular weight excluding hydrogens is 320 g/mol. The zero-order chi connectivity index (χ0) is 18.4. The summed E-state index contributed by atoms with van der Waals surface area (Å²) in [6.07, 6.45) is 2.92. The number of piperidine rings is 1. The number of amides is 1. The van der Waals surface area contributed by atoms with Crippen LogP contribution >= 0.6 is 0 Å². The first-order valence-corrected chi connectivity index (χ1v) is 9.80. The normalized spacial score (nSPS) is 16.5. The first-order chi connectivity index (χ1) is 12.7. The van der Waals surface area contributed by atoms with E-state index < -0.39 is 0 Å². The zero-order valence-corrected chi connectivity index (χ0v) is 15.9. The SMILES string of the molecule is CCC(C(=O)N1CCC(NCc2ccc(C)cc2)CC1)c1ccccc1. The van der Waals surface area contributed by atoms with Crippen LogP contribution in [0.1, 0.15) is 48.8 Å². The van der Waals surface area contributed by atoms with Gasteiger partial charge in [-0.15, -0.1) is 0 Å². The van der Waals surface area contributed by atoms with Crippen molar-refractivity contribution in [3.8, 4) is 0 Å². The lowest BCUT2D eigenvalue weighted by Crippen LogP contribution is -2.46. The average Bonchev–Trinajstić information content (AvgIpc) is 2.69. The molecule has 2 aromatic carbocycles. The number of aryl methyl sites for hydroxylation is 1. The molecule has 0 bridgehead atoms. The molecule has 1 atom stereocenters. The fourth-order valence-corrected chi connectivity index (χ4v) is 3.73. The Morgan fingerprint density at radius 1 is 1.08 bits per heavy atom. The second kappa shape index (κ2) is 9.00. The highest BCUT2D eigenvalue weighted by Gasteiger charge is 2.28. The van der Waals surface area contributed by atoms with Crippen LogP contribution in [0.25, 0.3) is 0 Å². The first kappa shape index (κ1) is 18.7. The van der Waals surface area contributed by atoms with Crippen molar-refractivity contribution in [1.29, 1.82) is 0 Å². The molecular formula is C23H30N2O. The maximum atomic E-state index is 13.0. The van der Waals surface area contributed by atoms with Crippen LogP contribution in [0.2, 0.25) is 0 Å². The summed E-state index contributed by atoms with van der Waals surface area (Å²) in [7, 11) is 0. The molecule has 0 aliphatic carbocycles. The summed E-state index contributed by atoms with van der Waals surface area (Å²) in [5, 5.41) is 3.65. The average molecular weight is 351 g/mol. The molecule has 0 aromatic heterocycles. The Kier molecular flexibility index (Phi) is 6.45. The van der Waals surface area contributed by atoms with Gasteiger partial charge in [0.05, 0.1) is 5.92 Å². The third-order valence-electron chi connectivity index (χ3n) is 5.43. The molecule has 3 nitrogen and oxygen atoms in total. The van der Waals surface area contributed by atoms with E-state index >= 15 is 0 Å². The van der Waals surface area contributed by atoms with Crippen molar-refractivity contribution >= 4 is 5.91 Å². The van der Waals surface area contributed by atoms with Crippen LogP contribution in [-0.4, -0.2) is 29.9 Å². The van der Waals surface area contributed by atoms with Gasteiger partial charge in [-0.2, -0.15) is 0 Å². The quantitative estimate of drug-likeness (QED) is 0.844. The molecule has 1 N–H and O–H groups in total. The highest BCUT2D eigenvalue weighted by molar-refractivity contribution is 5.83. The minimum Gasteiger partial charge on any atom is -0.342 e. The van der Waals surface area contributed by atoms with Crippen LogP contribution in [-0.2, 0) is 11.3 Å². The molecule has 0 spiro atoms. The predicted molar refractivity (Wildman–Crippen MR) is 107 cm³/mol. The molecule has 0 saturated carbocycles. The lowest BCUT2D eigenvalue weighted by molar-refractivity contribution is -0.134. The van der Waals surface area contributed by atoms with Gasteiger partial charge < -0.3 is 10.2 Å². The molecule has 1 saturated heterocycles. The predicted octanol–water partition coefficient (Wildman–Crippen LogP) is 4.27. The van der Waals surface area contributed by atoms with Crippen molar-refractivity contribution in [3.05, 3.63) is 71.3 Å². The maximum absolute atomic E-state index is 13.0. The standard InChI is InChI=1S/C23H30N2O/c1-3-22(20-7-5-4-6-8-20)23(26)25-15-13-21(14-16-25)24-17-19-11-9-18(2)10-12-19/h4-12,21-22,24H,3,13-17H2,1-2H3. The van der Waals surface area contributed by atoms with Crippen LogP contribution in [0.5, 0.6) is 0 Å². The molecule has 3 heteroatoms. The van der Waals surface area contributed by atoms with Gasteiger partial charge in [0.1, 0.15) is 0 Å². The van der Waals surface area contributed by atoms with E-state index in [1.165, 1.54) is 11.1 Å². The van der Waals surface area contributed by atoms with Crippen LogP contribution in [0, 0.1) is 6.92 Å². The zero-order valence-electron chi connectivity index (χ0n) is 15.9. The number of likely N-dealkylation sites (tertiary alicyclic amines) is 1. The Balaban J connectivity index is 1.49. The van der Waals surface area contributed by atoms with Gasteiger partial charge in [0.15, 0.2) is 0 Å². The van der Waals surface area contributed by atoms with Crippen LogP contribution < -0.4 is 5.32 Å². The second-order valence-electron chi connectivity index (χ2n) is 7.34. The number of carbonyl (C=O) groups is 1. The number of hydrogen-bond donors (Lipinski definition) is 1. The minimum absolute atomic E-state index is 0.00623. The van der Waals surface area contributed by atoms with Gasteiger partial charge in [0, 0.05) is 25.7 Å². The van der Waals surface area contributed by atoms with Gasteiger partial charge in [-0.1, -0.05) is 67.1 Å².